The van der Waals surface area contributed by atoms with Crippen molar-refractivity contribution in [3.05, 3.63) is 18.3 Å². The molecule has 6 heteroatoms. The number of aromatic nitrogens is 1. The van der Waals surface area contributed by atoms with Crippen molar-refractivity contribution in [2.45, 2.75) is 25.7 Å². The van der Waals surface area contributed by atoms with Crippen LogP contribution in [0.3, 0.4) is 0 Å². The molecule has 0 aromatic carbocycles. The summed E-state index contributed by atoms with van der Waals surface area (Å²) < 4.78 is 0. The van der Waals surface area contributed by atoms with E-state index < -0.39 is 0 Å². The van der Waals surface area contributed by atoms with Gasteiger partial charge in [-0.1, -0.05) is 0 Å². The summed E-state index contributed by atoms with van der Waals surface area (Å²) in [6.07, 6.45) is 6.45. The molecule has 0 saturated carbocycles. The summed E-state index contributed by atoms with van der Waals surface area (Å²) in [6, 6.07) is 3.58. The molecule has 0 unspecified atom stereocenters. The van der Waals surface area contributed by atoms with Gasteiger partial charge in [0.05, 0.1) is 5.69 Å². The fraction of sp³-hybridized carbons (Fsp3) is 0.571. The number of hydrogen-bond acceptors (Lipinski definition) is 4. The van der Waals surface area contributed by atoms with E-state index in [1.807, 2.05) is 17.1 Å². The Kier molecular flexibility index (Phi) is 4.01. The van der Waals surface area contributed by atoms with Crippen LogP contribution < -0.4 is 15.6 Å². The largest absolute Gasteiger partial charge is 0.355 e. The Morgan fingerprint density at radius 2 is 1.80 bits per heavy atom. The molecule has 1 aromatic heterocycles. The summed E-state index contributed by atoms with van der Waals surface area (Å²) in [5, 5.41) is 4.88. The number of urea groups is 1. The average Bonchev–Trinajstić information content (AvgIpc) is 3.11. The van der Waals surface area contributed by atoms with Gasteiger partial charge in [-0.3, -0.25) is 5.43 Å². The monoisotopic (exact) mass is 275 g/mol. The first-order valence-electron chi connectivity index (χ1n) is 7.35. The van der Waals surface area contributed by atoms with Gasteiger partial charge >= 0.3 is 6.03 Å². The summed E-state index contributed by atoms with van der Waals surface area (Å²) in [5.74, 6) is 0.876. The molecule has 2 N–H and O–H groups in total. The van der Waals surface area contributed by atoms with Crippen LogP contribution in [-0.4, -0.2) is 42.2 Å². The lowest BCUT2D eigenvalue weighted by Crippen LogP contribution is -2.42. The van der Waals surface area contributed by atoms with E-state index in [0.717, 1.165) is 50.5 Å². The van der Waals surface area contributed by atoms with Crippen molar-refractivity contribution in [2.24, 2.45) is 0 Å². The van der Waals surface area contributed by atoms with Crippen LogP contribution in [0.4, 0.5) is 16.3 Å². The first-order chi connectivity index (χ1) is 9.83. The normalized spacial score (nSPS) is 19.3. The molecule has 3 heterocycles. The smallest absolute Gasteiger partial charge is 0.333 e. The zero-order valence-corrected chi connectivity index (χ0v) is 11.6. The van der Waals surface area contributed by atoms with Gasteiger partial charge in [-0.25, -0.2) is 14.8 Å². The number of pyridine rings is 1. The van der Waals surface area contributed by atoms with E-state index in [0.29, 0.717) is 0 Å². The second-order valence-corrected chi connectivity index (χ2v) is 5.33. The minimum atomic E-state index is -0.180. The number of amides is 2. The summed E-state index contributed by atoms with van der Waals surface area (Å²) in [6.45, 7) is 3.89. The molecule has 20 heavy (non-hydrogen) atoms. The van der Waals surface area contributed by atoms with Crippen molar-refractivity contribution in [1.82, 2.24) is 15.4 Å². The lowest BCUT2D eigenvalue weighted by Gasteiger charge is -2.21. The number of hydrazine groups is 1. The number of nitrogens with zero attached hydrogens (tertiary/aromatic N) is 3. The Hall–Kier alpha value is -1.82. The summed E-state index contributed by atoms with van der Waals surface area (Å²) in [5.41, 5.74) is 3.67. The molecule has 1 aromatic rings. The van der Waals surface area contributed by atoms with Crippen LogP contribution in [-0.2, 0) is 0 Å². The lowest BCUT2D eigenvalue weighted by atomic mass is 10.3. The molecule has 2 aliphatic rings. The van der Waals surface area contributed by atoms with E-state index in [9.17, 15) is 4.79 Å². The van der Waals surface area contributed by atoms with Crippen molar-refractivity contribution in [3.8, 4) is 0 Å². The zero-order chi connectivity index (χ0) is 13.8. The van der Waals surface area contributed by atoms with E-state index >= 15 is 0 Å². The van der Waals surface area contributed by atoms with Gasteiger partial charge < -0.3 is 10.2 Å². The number of hydrogen-bond donors (Lipinski definition) is 2. The van der Waals surface area contributed by atoms with E-state index in [2.05, 4.69) is 20.6 Å². The van der Waals surface area contributed by atoms with Gasteiger partial charge in [-0.2, -0.15) is 0 Å². The minimum Gasteiger partial charge on any atom is -0.355 e. The molecule has 2 saturated heterocycles. The molecular formula is C14H21N5O. The molecule has 0 spiro atoms. The number of nitrogens with one attached hydrogen (secondary N) is 2. The standard InChI is InChI=1S/C14H21N5O/c20-14(17-19-10-3-4-11-19)16-12-6-5-7-15-13(12)18-8-1-2-9-18/h5-7H,1-4,8-11H2,(H2,16,17,20). The number of rotatable bonds is 3. The highest BCUT2D eigenvalue weighted by molar-refractivity contribution is 5.92. The summed E-state index contributed by atoms with van der Waals surface area (Å²) >= 11 is 0. The lowest BCUT2D eigenvalue weighted by molar-refractivity contribution is 0.209. The van der Waals surface area contributed by atoms with Crippen LogP contribution >= 0.6 is 0 Å². The van der Waals surface area contributed by atoms with Crippen LogP contribution in [0.15, 0.2) is 18.3 Å². The first-order valence-corrected chi connectivity index (χ1v) is 7.35. The third kappa shape index (κ3) is 3.01. The zero-order valence-electron chi connectivity index (χ0n) is 11.6. The average molecular weight is 275 g/mol. The fourth-order valence-corrected chi connectivity index (χ4v) is 2.80. The van der Waals surface area contributed by atoms with Crippen LogP contribution in [0.2, 0.25) is 0 Å². The van der Waals surface area contributed by atoms with Crippen LogP contribution in [0.5, 0.6) is 0 Å². The molecule has 2 aliphatic heterocycles. The molecule has 0 aliphatic carbocycles. The molecular weight excluding hydrogens is 254 g/mol. The minimum absolute atomic E-state index is 0.180. The Bertz CT molecular complexity index is 466. The molecule has 0 bridgehead atoms. The SMILES string of the molecule is O=C(Nc1cccnc1N1CCCC1)NN1CCCC1. The van der Waals surface area contributed by atoms with Gasteiger partial charge in [0.2, 0.25) is 0 Å². The second kappa shape index (κ2) is 6.09. The molecule has 108 valence electrons. The second-order valence-electron chi connectivity index (χ2n) is 5.33. The fourth-order valence-electron chi connectivity index (χ4n) is 2.80. The Labute approximate surface area is 119 Å². The third-order valence-corrected chi connectivity index (χ3v) is 3.81. The highest BCUT2D eigenvalue weighted by atomic mass is 16.2. The molecule has 2 amide bonds. The third-order valence-electron chi connectivity index (χ3n) is 3.81. The van der Waals surface area contributed by atoms with E-state index in [4.69, 9.17) is 0 Å². The highest BCUT2D eigenvalue weighted by Gasteiger charge is 2.19. The summed E-state index contributed by atoms with van der Waals surface area (Å²) in [7, 11) is 0. The molecule has 0 atom stereocenters. The van der Waals surface area contributed by atoms with Crippen LogP contribution in [0.1, 0.15) is 25.7 Å². The Morgan fingerprint density at radius 3 is 2.55 bits per heavy atom. The van der Waals surface area contributed by atoms with E-state index in [-0.39, 0.29) is 6.03 Å². The van der Waals surface area contributed by atoms with Crippen molar-refractivity contribution in [2.75, 3.05) is 36.4 Å². The first kappa shape index (κ1) is 13.2. The van der Waals surface area contributed by atoms with Crippen molar-refractivity contribution in [3.63, 3.8) is 0 Å². The van der Waals surface area contributed by atoms with Crippen LogP contribution in [0, 0.1) is 0 Å². The maximum absolute atomic E-state index is 12.0. The molecule has 6 nitrogen and oxygen atoms in total. The van der Waals surface area contributed by atoms with Gasteiger partial charge in [-0.05, 0) is 37.8 Å². The predicted molar refractivity (Wildman–Crippen MR) is 78.6 cm³/mol. The highest BCUT2D eigenvalue weighted by Crippen LogP contribution is 2.25. The number of anilines is 2. The maximum atomic E-state index is 12.0. The Balaban J connectivity index is 1.65. The maximum Gasteiger partial charge on any atom is 0.333 e. The van der Waals surface area contributed by atoms with Gasteiger partial charge in [0.1, 0.15) is 0 Å². The van der Waals surface area contributed by atoms with Crippen molar-refractivity contribution in [1.29, 1.82) is 0 Å². The number of carbonyl (C=O) groups is 1. The molecule has 3 rings (SSSR count). The van der Waals surface area contributed by atoms with Crippen molar-refractivity contribution < 1.29 is 4.79 Å². The summed E-state index contributed by atoms with van der Waals surface area (Å²) in [4.78, 5) is 18.7. The van der Waals surface area contributed by atoms with Gasteiger partial charge in [0, 0.05) is 32.4 Å². The van der Waals surface area contributed by atoms with Crippen LogP contribution in [0.25, 0.3) is 0 Å². The van der Waals surface area contributed by atoms with Gasteiger partial charge in [0.15, 0.2) is 5.82 Å². The van der Waals surface area contributed by atoms with E-state index in [1.54, 1.807) is 6.20 Å². The van der Waals surface area contributed by atoms with E-state index in [1.165, 1.54) is 12.8 Å². The quantitative estimate of drug-likeness (QED) is 0.883. The number of carbonyl (C=O) groups excluding carboxylic acids is 1. The topological polar surface area (TPSA) is 60.5 Å². The Morgan fingerprint density at radius 1 is 1.10 bits per heavy atom. The van der Waals surface area contributed by atoms with Gasteiger partial charge in [-0.15, -0.1) is 0 Å². The van der Waals surface area contributed by atoms with Crippen molar-refractivity contribution >= 4 is 17.5 Å². The predicted octanol–water partition coefficient (Wildman–Crippen LogP) is 1.81. The molecule has 2 fully saturated rings. The molecule has 0 radical (unpaired) electrons. The van der Waals surface area contributed by atoms with Gasteiger partial charge in [0.25, 0.3) is 0 Å².